The summed E-state index contributed by atoms with van der Waals surface area (Å²) in [4.78, 5) is 32.6. The highest BCUT2D eigenvalue weighted by Crippen LogP contribution is 2.27. The molecule has 4 rings (SSSR count). The Morgan fingerprint density at radius 2 is 1.74 bits per heavy atom. The standard InChI is InChI=1S/C24H34N4O2S/c1-17-9-8-10-18(2)28(17)23(30)15-27-21-14-7-6-13-20(21)26-24(27)31-16-22(29)25-19-11-4-3-5-12-19/h6-7,13-14,17-19H,3-5,8-12,15-16H2,1-2H3,(H,25,29)/t17-,18-/m1/s1. The van der Waals surface area contributed by atoms with Crippen LogP contribution in [0.2, 0.25) is 0 Å². The maximum atomic E-state index is 13.3. The predicted molar refractivity (Wildman–Crippen MR) is 125 cm³/mol. The van der Waals surface area contributed by atoms with Crippen molar-refractivity contribution in [1.82, 2.24) is 19.8 Å². The van der Waals surface area contributed by atoms with E-state index in [0.29, 0.717) is 11.8 Å². The molecule has 1 aromatic carbocycles. The van der Waals surface area contributed by atoms with Crippen LogP contribution in [0.15, 0.2) is 29.4 Å². The number of nitrogens with one attached hydrogen (secondary N) is 1. The Morgan fingerprint density at radius 3 is 2.48 bits per heavy atom. The second-order valence-corrected chi connectivity index (χ2v) is 10.0. The van der Waals surface area contributed by atoms with E-state index in [1.54, 1.807) is 0 Å². The Morgan fingerprint density at radius 1 is 1.03 bits per heavy atom. The first-order chi connectivity index (χ1) is 15.0. The molecule has 31 heavy (non-hydrogen) atoms. The van der Waals surface area contributed by atoms with Gasteiger partial charge in [-0.25, -0.2) is 4.98 Å². The molecule has 2 aromatic rings. The van der Waals surface area contributed by atoms with Gasteiger partial charge in [-0.2, -0.15) is 0 Å². The molecule has 168 valence electrons. The molecule has 2 atom stereocenters. The Kier molecular flexibility index (Phi) is 7.20. The second kappa shape index (κ2) is 10.1. The number of carbonyl (C=O) groups is 2. The normalized spacial score (nSPS) is 22.6. The highest BCUT2D eigenvalue weighted by atomic mass is 32.2. The van der Waals surface area contributed by atoms with Gasteiger partial charge in [-0.1, -0.05) is 43.2 Å². The fourth-order valence-corrected chi connectivity index (χ4v) is 5.92. The number of fused-ring (bicyclic) bond motifs is 1. The maximum Gasteiger partial charge on any atom is 0.243 e. The lowest BCUT2D eigenvalue weighted by Crippen LogP contribution is -2.48. The quantitative estimate of drug-likeness (QED) is 0.675. The smallest absolute Gasteiger partial charge is 0.243 e. The molecule has 7 heteroatoms. The summed E-state index contributed by atoms with van der Waals surface area (Å²) in [6, 6.07) is 8.75. The summed E-state index contributed by atoms with van der Waals surface area (Å²) in [5.74, 6) is 0.515. The molecule has 6 nitrogen and oxygen atoms in total. The SMILES string of the molecule is C[C@@H]1CCC[C@@H](C)N1C(=O)Cn1c(SCC(=O)NC2CCCCC2)nc2ccccc21. The van der Waals surface area contributed by atoms with Gasteiger partial charge in [0, 0.05) is 18.1 Å². The third kappa shape index (κ3) is 5.25. The molecule has 0 bridgehead atoms. The van der Waals surface area contributed by atoms with Gasteiger partial charge >= 0.3 is 0 Å². The van der Waals surface area contributed by atoms with Crippen molar-refractivity contribution >= 4 is 34.6 Å². The van der Waals surface area contributed by atoms with E-state index in [2.05, 4.69) is 19.2 Å². The zero-order valence-electron chi connectivity index (χ0n) is 18.7. The van der Waals surface area contributed by atoms with E-state index in [4.69, 9.17) is 4.98 Å². The molecule has 1 aromatic heterocycles. The molecular formula is C24H34N4O2S. The molecular weight excluding hydrogens is 408 g/mol. The second-order valence-electron chi connectivity index (χ2n) is 9.09. The maximum absolute atomic E-state index is 13.3. The van der Waals surface area contributed by atoms with Crippen LogP contribution in [0.4, 0.5) is 0 Å². The molecule has 0 spiro atoms. The van der Waals surface area contributed by atoms with Crippen LogP contribution in [0, 0.1) is 0 Å². The van der Waals surface area contributed by atoms with Gasteiger partial charge in [0.25, 0.3) is 0 Å². The van der Waals surface area contributed by atoms with Crippen molar-refractivity contribution in [3.05, 3.63) is 24.3 Å². The Hall–Kier alpha value is -2.02. The lowest BCUT2D eigenvalue weighted by atomic mass is 9.95. The van der Waals surface area contributed by atoms with E-state index in [1.165, 1.54) is 37.4 Å². The van der Waals surface area contributed by atoms with Crippen molar-refractivity contribution in [2.45, 2.75) is 95.0 Å². The number of carbonyl (C=O) groups excluding carboxylic acids is 2. The van der Waals surface area contributed by atoms with Gasteiger partial charge in [-0.05, 0) is 58.1 Å². The van der Waals surface area contributed by atoms with Crippen molar-refractivity contribution in [3.8, 4) is 0 Å². The van der Waals surface area contributed by atoms with E-state index in [0.717, 1.165) is 41.9 Å². The number of amides is 2. The van der Waals surface area contributed by atoms with Gasteiger partial charge < -0.3 is 14.8 Å². The molecule has 1 saturated carbocycles. The first kappa shape index (κ1) is 22.2. The Bertz CT molecular complexity index is 911. The number of imidazole rings is 1. The highest BCUT2D eigenvalue weighted by molar-refractivity contribution is 7.99. The van der Waals surface area contributed by atoms with Crippen LogP contribution in [0.25, 0.3) is 11.0 Å². The minimum atomic E-state index is 0.0557. The first-order valence-electron chi connectivity index (χ1n) is 11.7. The minimum Gasteiger partial charge on any atom is -0.353 e. The minimum absolute atomic E-state index is 0.0557. The van der Waals surface area contributed by atoms with E-state index < -0.39 is 0 Å². The lowest BCUT2D eigenvalue weighted by molar-refractivity contribution is -0.138. The summed E-state index contributed by atoms with van der Waals surface area (Å²) >= 11 is 1.43. The molecule has 1 aliphatic carbocycles. The van der Waals surface area contributed by atoms with Crippen molar-refractivity contribution in [3.63, 3.8) is 0 Å². The van der Waals surface area contributed by atoms with Gasteiger partial charge in [0.05, 0.1) is 16.8 Å². The summed E-state index contributed by atoms with van der Waals surface area (Å²) in [5.41, 5.74) is 1.81. The highest BCUT2D eigenvalue weighted by Gasteiger charge is 2.29. The van der Waals surface area contributed by atoms with Crippen molar-refractivity contribution in [2.75, 3.05) is 5.75 Å². The number of piperidine rings is 1. The van der Waals surface area contributed by atoms with Gasteiger partial charge in [0.2, 0.25) is 11.8 Å². The molecule has 0 radical (unpaired) electrons. The summed E-state index contributed by atoms with van der Waals surface area (Å²) < 4.78 is 1.99. The molecule has 2 amide bonds. The number of likely N-dealkylation sites (tertiary alicyclic amines) is 1. The van der Waals surface area contributed by atoms with Crippen LogP contribution in [0.3, 0.4) is 0 Å². The molecule has 2 aliphatic rings. The number of hydrogen-bond acceptors (Lipinski definition) is 4. The van der Waals surface area contributed by atoms with Crippen LogP contribution in [0.5, 0.6) is 0 Å². The van der Waals surface area contributed by atoms with Crippen molar-refractivity contribution in [1.29, 1.82) is 0 Å². The summed E-state index contributed by atoms with van der Waals surface area (Å²) in [6.07, 6.45) is 9.12. The number of benzene rings is 1. The third-order valence-electron chi connectivity index (χ3n) is 6.70. The molecule has 1 N–H and O–H groups in total. The molecule has 2 heterocycles. The van der Waals surface area contributed by atoms with Crippen LogP contribution >= 0.6 is 11.8 Å². The lowest BCUT2D eigenvalue weighted by Gasteiger charge is -2.39. The van der Waals surface area contributed by atoms with Crippen LogP contribution in [-0.2, 0) is 16.1 Å². The van der Waals surface area contributed by atoms with E-state index in [1.807, 2.05) is 33.7 Å². The monoisotopic (exact) mass is 442 g/mol. The molecule has 1 aliphatic heterocycles. The molecule has 1 saturated heterocycles. The van der Waals surface area contributed by atoms with Gasteiger partial charge in [-0.3, -0.25) is 9.59 Å². The fourth-order valence-electron chi connectivity index (χ4n) is 5.09. The van der Waals surface area contributed by atoms with E-state index in [-0.39, 0.29) is 30.4 Å². The zero-order valence-corrected chi connectivity index (χ0v) is 19.5. The van der Waals surface area contributed by atoms with Gasteiger partial charge in [-0.15, -0.1) is 0 Å². The van der Waals surface area contributed by atoms with Gasteiger partial charge in [0.15, 0.2) is 5.16 Å². The Labute approximate surface area is 189 Å². The van der Waals surface area contributed by atoms with Crippen molar-refractivity contribution in [2.24, 2.45) is 0 Å². The number of para-hydroxylation sites is 2. The fraction of sp³-hybridized carbons (Fsp3) is 0.625. The number of thioether (sulfide) groups is 1. The average Bonchev–Trinajstić information content (AvgIpc) is 3.10. The van der Waals surface area contributed by atoms with Crippen LogP contribution in [-0.4, -0.2) is 50.1 Å². The first-order valence-corrected chi connectivity index (χ1v) is 12.7. The molecule has 2 fully saturated rings. The largest absolute Gasteiger partial charge is 0.353 e. The number of rotatable bonds is 6. The Balaban J connectivity index is 1.47. The summed E-state index contributed by atoms with van der Waals surface area (Å²) in [6.45, 7) is 4.55. The average molecular weight is 443 g/mol. The van der Waals surface area contributed by atoms with Crippen LogP contribution < -0.4 is 5.32 Å². The molecule has 0 unspecified atom stereocenters. The van der Waals surface area contributed by atoms with E-state index in [9.17, 15) is 9.59 Å². The number of hydrogen-bond donors (Lipinski definition) is 1. The predicted octanol–water partition coefficient (Wildman–Crippen LogP) is 4.37. The van der Waals surface area contributed by atoms with Crippen LogP contribution in [0.1, 0.15) is 65.2 Å². The summed E-state index contributed by atoms with van der Waals surface area (Å²) in [5, 5.41) is 3.92. The van der Waals surface area contributed by atoms with Gasteiger partial charge in [0.1, 0.15) is 6.54 Å². The third-order valence-corrected chi connectivity index (χ3v) is 7.67. The number of aromatic nitrogens is 2. The topological polar surface area (TPSA) is 67.2 Å². The number of nitrogens with zero attached hydrogens (tertiary/aromatic N) is 3. The zero-order chi connectivity index (χ0) is 21.8. The van der Waals surface area contributed by atoms with Crippen molar-refractivity contribution < 1.29 is 9.59 Å². The summed E-state index contributed by atoms with van der Waals surface area (Å²) in [7, 11) is 0. The van der Waals surface area contributed by atoms with E-state index >= 15 is 0 Å².